The number of halogens is 3. The Morgan fingerprint density at radius 2 is 1.88 bits per heavy atom. The Hall–Kier alpha value is -2.93. The zero-order valence-electron chi connectivity index (χ0n) is 13.0. The average Bonchev–Trinajstić information content (AvgIpc) is 2.59. The number of aromatic nitrogens is 1. The summed E-state index contributed by atoms with van der Waals surface area (Å²) in [6, 6.07) is 7.02. The fourth-order valence-corrected chi connectivity index (χ4v) is 2.12. The number of rotatable bonds is 4. The van der Waals surface area contributed by atoms with Crippen LogP contribution in [0.5, 0.6) is 0 Å². The van der Waals surface area contributed by atoms with Gasteiger partial charge in [-0.2, -0.15) is 13.2 Å². The third-order valence-electron chi connectivity index (χ3n) is 3.44. The van der Waals surface area contributed by atoms with Gasteiger partial charge in [0.25, 0.3) is 5.91 Å². The van der Waals surface area contributed by atoms with E-state index in [0.29, 0.717) is 10.6 Å². The van der Waals surface area contributed by atoms with Crippen molar-refractivity contribution in [3.8, 4) is 0 Å². The van der Waals surface area contributed by atoms with E-state index in [4.69, 9.17) is 0 Å². The van der Waals surface area contributed by atoms with Crippen molar-refractivity contribution in [3.63, 3.8) is 0 Å². The molecule has 0 radical (unpaired) electrons. The van der Waals surface area contributed by atoms with Crippen LogP contribution in [0.2, 0.25) is 0 Å². The van der Waals surface area contributed by atoms with Crippen molar-refractivity contribution in [1.82, 2.24) is 10.3 Å². The average molecular weight is 348 g/mol. The summed E-state index contributed by atoms with van der Waals surface area (Å²) in [6.45, 7) is 7.32. The number of aliphatic hydroxyl groups excluding tert-OH is 1. The van der Waals surface area contributed by atoms with Crippen molar-refractivity contribution < 1.29 is 23.1 Å². The van der Waals surface area contributed by atoms with Crippen molar-refractivity contribution in [3.05, 3.63) is 76.9 Å². The molecular formula is C18H15F3N2O2. The highest BCUT2D eigenvalue weighted by Crippen LogP contribution is 2.29. The Morgan fingerprint density at radius 3 is 2.40 bits per heavy atom. The minimum Gasteiger partial charge on any atom is -0.378 e. The van der Waals surface area contributed by atoms with Gasteiger partial charge in [0.1, 0.15) is 0 Å². The molecule has 4 nitrogen and oxygen atoms in total. The number of carbonyl (C=O) groups is 1. The number of hydrogen-bond donors (Lipinski definition) is 2. The first-order valence-corrected chi connectivity index (χ1v) is 7.17. The Kier molecular flexibility index (Phi) is 5.38. The molecule has 130 valence electrons. The second kappa shape index (κ2) is 7.31. The Morgan fingerprint density at radius 1 is 1.24 bits per heavy atom. The van der Waals surface area contributed by atoms with Crippen LogP contribution < -0.4 is 15.9 Å². The molecular weight excluding hydrogens is 333 g/mol. The smallest absolute Gasteiger partial charge is 0.378 e. The Labute approximate surface area is 141 Å². The van der Waals surface area contributed by atoms with E-state index in [-0.39, 0.29) is 11.3 Å². The van der Waals surface area contributed by atoms with Crippen molar-refractivity contribution in [2.45, 2.75) is 12.3 Å². The number of benzene rings is 1. The molecule has 1 atom stereocenters. The summed E-state index contributed by atoms with van der Waals surface area (Å²) in [5.41, 5.74) is -0.539. The molecule has 0 saturated heterocycles. The lowest BCUT2D eigenvalue weighted by Gasteiger charge is -2.13. The first kappa shape index (κ1) is 18.4. The number of aliphatic hydroxyl groups is 1. The minimum atomic E-state index is -4.49. The first-order valence-electron chi connectivity index (χ1n) is 7.17. The number of amides is 1. The van der Waals surface area contributed by atoms with Gasteiger partial charge in [-0.05, 0) is 35.9 Å². The van der Waals surface area contributed by atoms with E-state index in [1.54, 1.807) is 12.1 Å². The van der Waals surface area contributed by atoms with Crippen LogP contribution in [0, 0.1) is 0 Å². The molecule has 0 fully saturated rings. The van der Waals surface area contributed by atoms with Crippen LogP contribution in [0.25, 0.3) is 12.3 Å². The number of nitrogens with one attached hydrogen (secondary N) is 1. The maximum Gasteiger partial charge on any atom is 0.416 e. The molecule has 1 amide bonds. The van der Waals surface area contributed by atoms with Gasteiger partial charge in [-0.3, -0.25) is 9.78 Å². The molecule has 2 N–H and O–H groups in total. The van der Waals surface area contributed by atoms with E-state index in [1.165, 1.54) is 12.3 Å². The molecule has 0 aliphatic rings. The zero-order valence-corrected chi connectivity index (χ0v) is 13.0. The molecule has 0 bridgehead atoms. The monoisotopic (exact) mass is 348 g/mol. The number of hydrogen-bond acceptors (Lipinski definition) is 3. The molecule has 0 spiro atoms. The van der Waals surface area contributed by atoms with E-state index < -0.39 is 23.8 Å². The van der Waals surface area contributed by atoms with Gasteiger partial charge in [0.15, 0.2) is 6.10 Å². The van der Waals surface area contributed by atoms with Crippen LogP contribution >= 0.6 is 0 Å². The minimum absolute atomic E-state index is 0.0370. The summed E-state index contributed by atoms with van der Waals surface area (Å²) in [7, 11) is 0. The van der Waals surface area contributed by atoms with Crippen molar-refractivity contribution >= 4 is 18.2 Å². The maximum absolute atomic E-state index is 12.6. The molecule has 0 saturated carbocycles. The Bertz CT molecular complexity index is 890. The van der Waals surface area contributed by atoms with Crippen LogP contribution in [0.1, 0.15) is 17.2 Å². The summed E-state index contributed by atoms with van der Waals surface area (Å²) < 4.78 is 37.7. The van der Waals surface area contributed by atoms with Crippen LogP contribution in [0.3, 0.4) is 0 Å². The van der Waals surface area contributed by atoms with Crippen molar-refractivity contribution in [1.29, 1.82) is 0 Å². The summed E-state index contributed by atoms with van der Waals surface area (Å²) in [4.78, 5) is 16.2. The second-order valence-corrected chi connectivity index (χ2v) is 5.13. The van der Waals surface area contributed by atoms with Crippen LogP contribution in [0.15, 0.2) is 55.3 Å². The van der Waals surface area contributed by atoms with Crippen molar-refractivity contribution in [2.24, 2.45) is 0 Å². The zero-order chi connectivity index (χ0) is 18.6. The molecule has 0 aliphatic carbocycles. The van der Waals surface area contributed by atoms with Gasteiger partial charge in [-0.25, -0.2) is 0 Å². The van der Waals surface area contributed by atoms with Gasteiger partial charge >= 0.3 is 6.18 Å². The fourth-order valence-electron chi connectivity index (χ4n) is 2.12. The van der Waals surface area contributed by atoms with Crippen LogP contribution in [-0.2, 0) is 11.0 Å². The molecule has 7 heteroatoms. The summed E-state index contributed by atoms with van der Waals surface area (Å²) in [5.74, 6) is -0.807. The quantitative estimate of drug-likeness (QED) is 0.883. The highest BCUT2D eigenvalue weighted by atomic mass is 19.4. The summed E-state index contributed by atoms with van der Waals surface area (Å²) >= 11 is 0. The molecule has 25 heavy (non-hydrogen) atoms. The van der Waals surface area contributed by atoms with Crippen LogP contribution in [-0.4, -0.2) is 16.0 Å². The molecule has 1 aromatic heterocycles. The van der Waals surface area contributed by atoms with E-state index in [2.05, 4.69) is 23.5 Å². The Balaban J connectivity index is 2.26. The first-order chi connectivity index (χ1) is 11.7. The molecule has 1 unspecified atom stereocenters. The fraction of sp³-hybridized carbons (Fsp3) is 0.111. The van der Waals surface area contributed by atoms with Crippen molar-refractivity contribution in [2.75, 3.05) is 0 Å². The number of carbonyl (C=O) groups excluding carboxylic acids is 1. The molecule has 1 heterocycles. The van der Waals surface area contributed by atoms with E-state index in [1.807, 2.05) is 0 Å². The SMILES string of the molecule is C=C/C(NC(=O)C(O)c1ccc(C(F)(F)F)cc1)=c1/cccnc1=C. The van der Waals surface area contributed by atoms with E-state index in [0.717, 1.165) is 24.3 Å². The van der Waals surface area contributed by atoms with E-state index in [9.17, 15) is 23.1 Å². The number of alkyl halides is 3. The topological polar surface area (TPSA) is 62.2 Å². The maximum atomic E-state index is 12.6. The van der Waals surface area contributed by atoms with Gasteiger partial charge in [0, 0.05) is 17.1 Å². The second-order valence-electron chi connectivity index (χ2n) is 5.13. The van der Waals surface area contributed by atoms with Gasteiger partial charge in [-0.15, -0.1) is 0 Å². The predicted molar refractivity (Wildman–Crippen MR) is 87.2 cm³/mol. The number of pyridine rings is 1. The standard InChI is InChI=1S/C18H15F3N2O2/c1-3-15(14-5-4-10-22-11(14)2)23-17(25)16(24)12-6-8-13(9-7-12)18(19,20)21/h3-10,16,24H,1-2H2,(H,23,25)/b15-14+. The molecule has 0 aliphatic heterocycles. The van der Waals surface area contributed by atoms with Crippen LogP contribution in [0.4, 0.5) is 13.2 Å². The lowest BCUT2D eigenvalue weighted by molar-refractivity contribution is -0.137. The van der Waals surface area contributed by atoms with Gasteiger partial charge in [-0.1, -0.05) is 25.3 Å². The van der Waals surface area contributed by atoms with Gasteiger partial charge < -0.3 is 10.4 Å². The lowest BCUT2D eigenvalue weighted by atomic mass is 10.1. The highest BCUT2D eigenvalue weighted by Gasteiger charge is 2.30. The normalized spacial score (nSPS) is 13.8. The summed E-state index contributed by atoms with van der Waals surface area (Å²) in [5, 5.41) is 13.5. The number of nitrogens with zero attached hydrogens (tertiary/aromatic N) is 1. The van der Waals surface area contributed by atoms with E-state index >= 15 is 0 Å². The third-order valence-corrected chi connectivity index (χ3v) is 3.44. The third kappa shape index (κ3) is 4.33. The van der Waals surface area contributed by atoms with Gasteiger partial charge in [0.05, 0.1) is 10.9 Å². The molecule has 2 rings (SSSR count). The van der Waals surface area contributed by atoms with Gasteiger partial charge in [0.2, 0.25) is 0 Å². The summed E-state index contributed by atoms with van der Waals surface area (Å²) in [6.07, 6.45) is -3.23. The molecule has 1 aromatic carbocycles. The molecule has 2 aromatic rings. The predicted octanol–water partition coefficient (Wildman–Crippen LogP) is 1.65. The lowest BCUT2D eigenvalue weighted by Crippen LogP contribution is -2.36. The highest BCUT2D eigenvalue weighted by molar-refractivity contribution is 5.88. The largest absolute Gasteiger partial charge is 0.416 e.